The molecule has 0 saturated carbocycles. The summed E-state index contributed by atoms with van der Waals surface area (Å²) in [7, 11) is 0. The lowest BCUT2D eigenvalue weighted by molar-refractivity contribution is 1.31. The number of nitrogens with two attached hydrogens (primary N) is 1. The number of allylic oxidation sites excluding steroid dienone is 4. The highest BCUT2D eigenvalue weighted by Crippen LogP contribution is 1.99. The van der Waals surface area contributed by atoms with Gasteiger partial charge in [0.15, 0.2) is 0 Å². The molecule has 2 nitrogen and oxygen atoms in total. The first-order chi connectivity index (χ1) is 5.07. The minimum Gasteiger partial charge on any atom is -0.398 e. The molecule has 0 saturated heterocycles. The molecule has 0 aromatic rings. The minimum absolute atomic E-state index is 0.496. The van der Waals surface area contributed by atoms with E-state index in [1.807, 2.05) is 13.0 Å². The van der Waals surface area contributed by atoms with Gasteiger partial charge in [0.25, 0.3) is 0 Å². The zero-order valence-corrected chi connectivity index (χ0v) is 6.89. The molecule has 0 atom stereocenters. The van der Waals surface area contributed by atoms with Crippen LogP contribution in [-0.2, 0) is 0 Å². The summed E-state index contributed by atoms with van der Waals surface area (Å²) in [5, 5.41) is 8.43. The first-order valence-electron chi connectivity index (χ1n) is 3.28. The summed E-state index contributed by atoms with van der Waals surface area (Å²) >= 11 is 0. The third-order valence-corrected chi connectivity index (χ3v) is 1.15. The number of nitrogens with zero attached hydrogens (tertiary/aromatic N) is 1. The molecule has 0 aromatic carbocycles. The van der Waals surface area contributed by atoms with Crippen LogP contribution in [0.5, 0.6) is 0 Å². The lowest BCUT2D eigenvalue weighted by Crippen LogP contribution is -1.95. The van der Waals surface area contributed by atoms with E-state index in [9.17, 15) is 0 Å². The van der Waals surface area contributed by atoms with Gasteiger partial charge in [-0.3, -0.25) is 0 Å². The average Bonchev–Trinajstić information content (AvgIpc) is 1.98. The van der Waals surface area contributed by atoms with E-state index in [0.29, 0.717) is 11.3 Å². The summed E-state index contributed by atoms with van der Waals surface area (Å²) in [6, 6.07) is 1.96. The molecule has 0 unspecified atom stereocenters. The van der Waals surface area contributed by atoms with Gasteiger partial charge in [-0.25, -0.2) is 0 Å². The Bertz CT molecular complexity index is 251. The van der Waals surface area contributed by atoms with Crippen LogP contribution in [0.15, 0.2) is 35.6 Å². The Labute approximate surface area is 67.3 Å². The maximum absolute atomic E-state index is 8.43. The quantitative estimate of drug-likeness (QED) is 0.480. The van der Waals surface area contributed by atoms with Crippen LogP contribution in [0.2, 0.25) is 0 Å². The Hall–Kier alpha value is -1.49. The Morgan fingerprint density at radius 3 is 2.36 bits per heavy atom. The minimum atomic E-state index is 0.496. The van der Waals surface area contributed by atoms with Crippen molar-refractivity contribution in [1.29, 1.82) is 5.26 Å². The van der Waals surface area contributed by atoms with Crippen molar-refractivity contribution in [2.24, 2.45) is 5.73 Å². The van der Waals surface area contributed by atoms with Crippen molar-refractivity contribution in [3.8, 4) is 6.07 Å². The van der Waals surface area contributed by atoms with Crippen LogP contribution >= 0.6 is 0 Å². The summed E-state index contributed by atoms with van der Waals surface area (Å²) in [6.45, 7) is 7.21. The van der Waals surface area contributed by atoms with E-state index in [4.69, 9.17) is 11.0 Å². The summed E-state index contributed by atoms with van der Waals surface area (Å²) in [4.78, 5) is 0. The van der Waals surface area contributed by atoms with Crippen LogP contribution in [0, 0.1) is 11.3 Å². The first-order valence-corrected chi connectivity index (χ1v) is 3.28. The van der Waals surface area contributed by atoms with Crippen molar-refractivity contribution in [1.82, 2.24) is 0 Å². The Kier molecular flexibility index (Phi) is 3.76. The molecule has 0 amide bonds. The Morgan fingerprint density at radius 1 is 1.45 bits per heavy atom. The smallest absolute Gasteiger partial charge is 0.0965 e. The van der Waals surface area contributed by atoms with E-state index in [1.165, 1.54) is 0 Å². The zero-order valence-electron chi connectivity index (χ0n) is 6.89. The van der Waals surface area contributed by atoms with Gasteiger partial charge in [0.1, 0.15) is 0 Å². The number of rotatable bonds is 2. The maximum atomic E-state index is 8.43. The van der Waals surface area contributed by atoms with Crippen molar-refractivity contribution in [2.45, 2.75) is 13.8 Å². The van der Waals surface area contributed by atoms with Crippen LogP contribution in [-0.4, -0.2) is 0 Å². The highest BCUT2D eigenvalue weighted by molar-refractivity contribution is 5.33. The average molecular weight is 148 g/mol. The third kappa shape index (κ3) is 3.99. The fourth-order valence-electron chi connectivity index (χ4n) is 0.422. The number of nitriles is 1. The molecule has 0 aliphatic carbocycles. The van der Waals surface area contributed by atoms with Gasteiger partial charge in [-0.1, -0.05) is 18.2 Å². The lowest BCUT2D eigenvalue weighted by atomic mass is 10.2. The summed E-state index contributed by atoms with van der Waals surface area (Å²) in [6.07, 6.45) is 3.46. The molecule has 11 heavy (non-hydrogen) atoms. The second-order valence-electron chi connectivity index (χ2n) is 2.37. The maximum Gasteiger partial charge on any atom is 0.0965 e. The van der Waals surface area contributed by atoms with Crippen molar-refractivity contribution in [2.75, 3.05) is 0 Å². The van der Waals surface area contributed by atoms with Crippen molar-refractivity contribution in [3.05, 3.63) is 35.6 Å². The molecule has 0 aliphatic heterocycles. The second-order valence-corrected chi connectivity index (χ2v) is 2.37. The van der Waals surface area contributed by atoms with Gasteiger partial charge in [0.2, 0.25) is 0 Å². The SMILES string of the molecule is C=C(C)/C=C\C(N)=C(/C)C#N. The number of hydrogen-bond acceptors (Lipinski definition) is 2. The van der Waals surface area contributed by atoms with Crippen molar-refractivity contribution >= 4 is 0 Å². The molecule has 0 spiro atoms. The molecule has 0 fully saturated rings. The van der Waals surface area contributed by atoms with Gasteiger partial charge < -0.3 is 5.73 Å². The fraction of sp³-hybridized carbons (Fsp3) is 0.222. The van der Waals surface area contributed by atoms with Crippen molar-refractivity contribution in [3.63, 3.8) is 0 Å². The summed E-state index contributed by atoms with van der Waals surface area (Å²) in [5.74, 6) is 0. The molecule has 0 aromatic heterocycles. The first kappa shape index (κ1) is 9.51. The van der Waals surface area contributed by atoms with Crippen molar-refractivity contribution < 1.29 is 0 Å². The van der Waals surface area contributed by atoms with Crippen LogP contribution in [0.3, 0.4) is 0 Å². The predicted molar refractivity (Wildman–Crippen MR) is 46.5 cm³/mol. The standard InChI is InChI=1S/C9H12N2/c1-7(2)4-5-9(11)8(3)6-10/h4-5H,1,11H2,2-3H3/b5-4-,9-8-. The molecule has 0 radical (unpaired) electrons. The van der Waals surface area contributed by atoms with Crippen LogP contribution in [0.4, 0.5) is 0 Å². The molecule has 2 N–H and O–H groups in total. The molecular weight excluding hydrogens is 136 g/mol. The topological polar surface area (TPSA) is 49.8 Å². The summed E-state index contributed by atoms with van der Waals surface area (Å²) in [5.41, 5.74) is 7.45. The monoisotopic (exact) mass is 148 g/mol. The molecule has 0 heterocycles. The van der Waals surface area contributed by atoms with E-state index >= 15 is 0 Å². The highest BCUT2D eigenvalue weighted by Gasteiger charge is 1.89. The van der Waals surface area contributed by atoms with E-state index in [2.05, 4.69) is 6.58 Å². The van der Waals surface area contributed by atoms with Crippen LogP contribution in [0.1, 0.15) is 13.8 Å². The normalized spacial score (nSPS) is 12.5. The van der Waals surface area contributed by atoms with Crippen LogP contribution in [0.25, 0.3) is 0 Å². The van der Waals surface area contributed by atoms with E-state index in [1.54, 1.807) is 19.1 Å². The number of hydrogen-bond donors (Lipinski definition) is 1. The molecule has 0 aliphatic rings. The van der Waals surface area contributed by atoms with Gasteiger partial charge in [-0.2, -0.15) is 5.26 Å². The molecule has 0 rings (SSSR count). The third-order valence-electron chi connectivity index (χ3n) is 1.15. The van der Waals surface area contributed by atoms with Gasteiger partial charge >= 0.3 is 0 Å². The van der Waals surface area contributed by atoms with Gasteiger partial charge in [-0.05, 0) is 19.9 Å². The largest absolute Gasteiger partial charge is 0.398 e. The fourth-order valence-corrected chi connectivity index (χ4v) is 0.422. The highest BCUT2D eigenvalue weighted by atomic mass is 14.6. The summed E-state index contributed by atoms with van der Waals surface area (Å²) < 4.78 is 0. The zero-order chi connectivity index (χ0) is 8.85. The predicted octanol–water partition coefficient (Wildman–Crippen LogP) is 1.87. The van der Waals surface area contributed by atoms with E-state index in [0.717, 1.165) is 5.57 Å². The van der Waals surface area contributed by atoms with E-state index in [-0.39, 0.29) is 0 Å². The van der Waals surface area contributed by atoms with Gasteiger partial charge in [0.05, 0.1) is 6.07 Å². The second kappa shape index (κ2) is 4.35. The molecular formula is C9H12N2. The molecule has 58 valence electrons. The van der Waals surface area contributed by atoms with Gasteiger partial charge in [0, 0.05) is 11.3 Å². The van der Waals surface area contributed by atoms with Crippen LogP contribution < -0.4 is 5.73 Å². The Morgan fingerprint density at radius 2 is 2.00 bits per heavy atom. The lowest BCUT2D eigenvalue weighted by Gasteiger charge is -1.92. The molecule has 0 bridgehead atoms. The van der Waals surface area contributed by atoms with E-state index < -0.39 is 0 Å². The molecule has 2 heteroatoms. The van der Waals surface area contributed by atoms with Gasteiger partial charge in [-0.15, -0.1) is 0 Å². The Balaban J connectivity index is 4.43.